The number of aromatic nitrogens is 1. The normalized spacial score (nSPS) is 11.2. The molecule has 21 heavy (non-hydrogen) atoms. The lowest BCUT2D eigenvalue weighted by atomic mass is 10.1. The Hall–Kier alpha value is -1.84. The van der Waals surface area contributed by atoms with E-state index >= 15 is 0 Å². The number of hydrogen-bond donors (Lipinski definition) is 1. The average Bonchev–Trinajstić information content (AvgIpc) is 2.71. The van der Waals surface area contributed by atoms with Crippen LogP contribution in [0.1, 0.15) is 16.7 Å². The SMILES string of the molecule is Cc1ccc2c(CO)c(Cl)n(Cc3cccc(F)c3)c2c1. The Kier molecular flexibility index (Phi) is 3.70. The first-order valence-corrected chi connectivity index (χ1v) is 7.10. The van der Waals surface area contributed by atoms with Crippen LogP contribution < -0.4 is 0 Å². The molecule has 3 aromatic rings. The van der Waals surface area contributed by atoms with E-state index in [1.54, 1.807) is 6.07 Å². The van der Waals surface area contributed by atoms with E-state index in [0.29, 0.717) is 17.3 Å². The highest BCUT2D eigenvalue weighted by molar-refractivity contribution is 6.32. The zero-order chi connectivity index (χ0) is 15.0. The number of hydrogen-bond acceptors (Lipinski definition) is 1. The van der Waals surface area contributed by atoms with Crippen LogP contribution in [-0.2, 0) is 13.2 Å². The van der Waals surface area contributed by atoms with Crippen molar-refractivity contribution in [3.05, 3.63) is 70.1 Å². The summed E-state index contributed by atoms with van der Waals surface area (Å²) in [6.07, 6.45) is 0. The summed E-state index contributed by atoms with van der Waals surface area (Å²) in [4.78, 5) is 0. The number of aliphatic hydroxyl groups excluding tert-OH is 1. The third-order valence-corrected chi connectivity index (χ3v) is 4.08. The van der Waals surface area contributed by atoms with Gasteiger partial charge in [0.2, 0.25) is 0 Å². The quantitative estimate of drug-likeness (QED) is 0.767. The molecule has 1 N–H and O–H groups in total. The number of aliphatic hydroxyl groups is 1. The van der Waals surface area contributed by atoms with E-state index in [1.807, 2.05) is 35.8 Å². The molecule has 0 aliphatic carbocycles. The number of benzene rings is 2. The summed E-state index contributed by atoms with van der Waals surface area (Å²) in [5.74, 6) is -0.265. The van der Waals surface area contributed by atoms with E-state index in [2.05, 4.69) is 0 Å². The van der Waals surface area contributed by atoms with Gasteiger partial charge in [-0.3, -0.25) is 0 Å². The fourth-order valence-electron chi connectivity index (χ4n) is 2.62. The maximum Gasteiger partial charge on any atom is 0.123 e. The van der Waals surface area contributed by atoms with Gasteiger partial charge in [0.05, 0.1) is 12.1 Å². The van der Waals surface area contributed by atoms with E-state index in [0.717, 1.165) is 22.0 Å². The minimum absolute atomic E-state index is 0.117. The van der Waals surface area contributed by atoms with E-state index < -0.39 is 0 Å². The van der Waals surface area contributed by atoms with Crippen molar-refractivity contribution >= 4 is 22.5 Å². The lowest BCUT2D eigenvalue weighted by Crippen LogP contribution is -2.00. The Balaban J connectivity index is 2.17. The Morgan fingerprint density at radius 1 is 1.19 bits per heavy atom. The molecule has 0 fully saturated rings. The predicted molar refractivity (Wildman–Crippen MR) is 83.1 cm³/mol. The van der Waals surface area contributed by atoms with Crippen molar-refractivity contribution in [1.82, 2.24) is 4.57 Å². The zero-order valence-electron chi connectivity index (χ0n) is 11.6. The van der Waals surface area contributed by atoms with Gasteiger partial charge in [0.25, 0.3) is 0 Å². The molecular formula is C17H15ClFNO. The van der Waals surface area contributed by atoms with Crippen molar-refractivity contribution in [3.8, 4) is 0 Å². The Morgan fingerprint density at radius 3 is 2.71 bits per heavy atom. The van der Waals surface area contributed by atoms with E-state index in [9.17, 15) is 9.50 Å². The highest BCUT2D eigenvalue weighted by Crippen LogP contribution is 2.31. The first-order valence-electron chi connectivity index (χ1n) is 6.72. The average molecular weight is 304 g/mol. The minimum Gasteiger partial charge on any atom is -0.392 e. The fraction of sp³-hybridized carbons (Fsp3) is 0.176. The van der Waals surface area contributed by atoms with Crippen molar-refractivity contribution in [2.45, 2.75) is 20.1 Å². The first kappa shape index (κ1) is 14.1. The molecular weight excluding hydrogens is 289 g/mol. The van der Waals surface area contributed by atoms with Gasteiger partial charge in [0.1, 0.15) is 11.0 Å². The number of fused-ring (bicyclic) bond motifs is 1. The van der Waals surface area contributed by atoms with Gasteiger partial charge in [-0.1, -0.05) is 35.9 Å². The summed E-state index contributed by atoms with van der Waals surface area (Å²) in [5.41, 5.74) is 3.61. The molecule has 1 heterocycles. The van der Waals surface area contributed by atoms with Crippen LogP contribution >= 0.6 is 11.6 Å². The molecule has 0 aliphatic rings. The Labute approximate surface area is 127 Å². The van der Waals surface area contributed by atoms with E-state index in [4.69, 9.17) is 11.6 Å². The Morgan fingerprint density at radius 2 is 2.00 bits per heavy atom. The lowest BCUT2D eigenvalue weighted by molar-refractivity contribution is 0.283. The fourth-order valence-corrected chi connectivity index (χ4v) is 2.94. The Bertz CT molecular complexity index is 810. The van der Waals surface area contributed by atoms with Gasteiger partial charge >= 0.3 is 0 Å². The third-order valence-electron chi connectivity index (χ3n) is 3.64. The van der Waals surface area contributed by atoms with Crippen LogP contribution in [0.15, 0.2) is 42.5 Å². The second-order valence-corrected chi connectivity index (χ2v) is 5.52. The van der Waals surface area contributed by atoms with Gasteiger partial charge in [0.15, 0.2) is 0 Å². The van der Waals surface area contributed by atoms with Gasteiger partial charge in [-0.15, -0.1) is 0 Å². The van der Waals surface area contributed by atoms with Gasteiger partial charge in [0, 0.05) is 17.5 Å². The molecule has 108 valence electrons. The second-order valence-electron chi connectivity index (χ2n) is 5.16. The van der Waals surface area contributed by atoms with Gasteiger partial charge in [-0.25, -0.2) is 4.39 Å². The van der Waals surface area contributed by atoms with E-state index in [-0.39, 0.29) is 12.4 Å². The molecule has 0 radical (unpaired) electrons. The van der Waals surface area contributed by atoms with Crippen LogP contribution in [0.5, 0.6) is 0 Å². The summed E-state index contributed by atoms with van der Waals surface area (Å²) in [6, 6.07) is 12.4. The van der Waals surface area contributed by atoms with Gasteiger partial charge in [-0.05, 0) is 36.2 Å². The van der Waals surface area contributed by atoms with Gasteiger partial charge < -0.3 is 9.67 Å². The smallest absolute Gasteiger partial charge is 0.123 e. The molecule has 0 aliphatic heterocycles. The largest absolute Gasteiger partial charge is 0.392 e. The van der Waals surface area contributed by atoms with Crippen LogP contribution in [0.4, 0.5) is 4.39 Å². The third kappa shape index (κ3) is 2.55. The lowest BCUT2D eigenvalue weighted by Gasteiger charge is -2.08. The first-order chi connectivity index (χ1) is 10.1. The predicted octanol–water partition coefficient (Wildman–Crippen LogP) is 4.28. The highest BCUT2D eigenvalue weighted by Gasteiger charge is 2.15. The standard InChI is InChI=1S/C17H15ClFNO/c1-11-5-6-14-15(10-21)17(18)20(16(14)7-11)9-12-3-2-4-13(19)8-12/h2-8,21H,9-10H2,1H3. The van der Waals surface area contributed by atoms with Crippen LogP contribution in [0.25, 0.3) is 10.9 Å². The molecule has 2 aromatic carbocycles. The van der Waals surface area contributed by atoms with Gasteiger partial charge in [-0.2, -0.15) is 0 Å². The molecule has 0 bridgehead atoms. The van der Waals surface area contributed by atoms with Crippen molar-refractivity contribution in [3.63, 3.8) is 0 Å². The number of halogens is 2. The molecule has 1 aromatic heterocycles. The molecule has 2 nitrogen and oxygen atoms in total. The molecule has 0 unspecified atom stereocenters. The number of nitrogens with zero attached hydrogens (tertiary/aromatic N) is 1. The summed E-state index contributed by atoms with van der Waals surface area (Å²) in [6.45, 7) is 2.36. The molecule has 3 rings (SSSR count). The molecule has 0 saturated carbocycles. The number of rotatable bonds is 3. The minimum atomic E-state index is -0.265. The maximum atomic E-state index is 13.3. The van der Waals surface area contributed by atoms with Crippen LogP contribution in [0.2, 0.25) is 5.15 Å². The molecule has 0 amide bonds. The summed E-state index contributed by atoms with van der Waals surface area (Å²) < 4.78 is 15.2. The zero-order valence-corrected chi connectivity index (χ0v) is 12.4. The summed E-state index contributed by atoms with van der Waals surface area (Å²) in [5, 5.41) is 11.0. The second kappa shape index (κ2) is 5.51. The molecule has 4 heteroatoms. The molecule has 0 spiro atoms. The van der Waals surface area contributed by atoms with Crippen molar-refractivity contribution < 1.29 is 9.50 Å². The summed E-state index contributed by atoms with van der Waals surface area (Å²) in [7, 11) is 0. The highest BCUT2D eigenvalue weighted by atomic mass is 35.5. The van der Waals surface area contributed by atoms with Crippen molar-refractivity contribution in [2.75, 3.05) is 0 Å². The topological polar surface area (TPSA) is 25.2 Å². The van der Waals surface area contributed by atoms with Crippen LogP contribution in [0.3, 0.4) is 0 Å². The maximum absolute atomic E-state index is 13.3. The van der Waals surface area contributed by atoms with Crippen molar-refractivity contribution in [1.29, 1.82) is 0 Å². The van der Waals surface area contributed by atoms with Crippen LogP contribution in [-0.4, -0.2) is 9.67 Å². The van der Waals surface area contributed by atoms with E-state index in [1.165, 1.54) is 12.1 Å². The van der Waals surface area contributed by atoms with Crippen molar-refractivity contribution in [2.24, 2.45) is 0 Å². The number of aryl methyl sites for hydroxylation is 1. The van der Waals surface area contributed by atoms with Crippen LogP contribution in [0, 0.1) is 12.7 Å². The molecule has 0 atom stereocenters. The summed E-state index contributed by atoms with van der Waals surface area (Å²) >= 11 is 6.40. The molecule has 0 saturated heterocycles. The monoisotopic (exact) mass is 303 g/mol.